The van der Waals surface area contributed by atoms with Crippen LogP contribution in [-0.2, 0) is 14.8 Å². The fraction of sp³-hybridized carbons (Fsp3) is 0.500. The molecule has 2 aliphatic rings. The quantitative estimate of drug-likeness (QED) is 0.552. The predicted molar refractivity (Wildman–Crippen MR) is 119 cm³/mol. The number of sulfonamides is 1. The Bertz CT molecular complexity index is 958. The average molecular weight is 465 g/mol. The number of morpholine rings is 1. The molecule has 0 unspecified atom stereocenters. The van der Waals surface area contributed by atoms with Gasteiger partial charge >= 0.3 is 0 Å². The monoisotopic (exact) mass is 464 g/mol. The van der Waals surface area contributed by atoms with Crippen molar-refractivity contribution < 1.29 is 22.3 Å². The minimum Gasteiger partial charge on any atom is -0.494 e. The van der Waals surface area contributed by atoms with Crippen LogP contribution in [0.2, 0.25) is 0 Å². The van der Waals surface area contributed by atoms with Crippen LogP contribution in [-0.4, -0.2) is 88.2 Å². The summed E-state index contributed by atoms with van der Waals surface area (Å²) in [6, 6.07) is 9.50. The molecule has 32 heavy (non-hydrogen) atoms. The Morgan fingerprint density at radius 3 is 2.34 bits per heavy atom. The molecule has 0 atom stereocenters. The first-order chi connectivity index (χ1) is 15.5. The van der Waals surface area contributed by atoms with Gasteiger partial charge in [0.25, 0.3) is 0 Å². The summed E-state index contributed by atoms with van der Waals surface area (Å²) in [7, 11) is -3.52. The van der Waals surface area contributed by atoms with E-state index in [0.717, 1.165) is 45.0 Å². The second kappa shape index (κ2) is 10.6. The van der Waals surface area contributed by atoms with Gasteiger partial charge in [0.15, 0.2) is 0 Å². The first kappa shape index (κ1) is 22.9. The maximum atomic E-state index is 12.9. The van der Waals surface area contributed by atoms with Crippen LogP contribution in [0.25, 0.3) is 0 Å². The van der Waals surface area contributed by atoms with E-state index >= 15 is 0 Å². The van der Waals surface area contributed by atoms with Crippen molar-refractivity contribution in [2.24, 2.45) is 0 Å². The standard InChI is InChI=1S/C22H29FN4O4S/c23-19-2-4-20(5-3-19)31-15-1-8-25-9-11-26(12-10-25)22-7-6-21(18-24-22)32(28,29)27-13-16-30-17-14-27/h2-7,18H,1,8-17H2. The fourth-order valence-corrected chi connectivity index (χ4v) is 5.21. The Kier molecular flexibility index (Phi) is 7.56. The molecule has 0 radical (unpaired) electrons. The number of nitrogens with zero attached hydrogens (tertiary/aromatic N) is 4. The molecule has 0 saturated carbocycles. The summed E-state index contributed by atoms with van der Waals surface area (Å²) in [5.74, 6) is 1.21. The average Bonchev–Trinajstić information content (AvgIpc) is 2.84. The molecule has 10 heteroatoms. The normalized spacial score (nSPS) is 18.6. The highest BCUT2D eigenvalue weighted by atomic mass is 32.2. The molecule has 0 N–H and O–H groups in total. The summed E-state index contributed by atoms with van der Waals surface area (Å²) >= 11 is 0. The number of rotatable bonds is 8. The van der Waals surface area contributed by atoms with Gasteiger partial charge in [0, 0.05) is 52.0 Å². The smallest absolute Gasteiger partial charge is 0.244 e. The Hall–Kier alpha value is -2.27. The van der Waals surface area contributed by atoms with Gasteiger partial charge in [0.2, 0.25) is 10.0 Å². The zero-order chi connectivity index (χ0) is 22.4. The third-order valence-electron chi connectivity index (χ3n) is 5.73. The predicted octanol–water partition coefficient (Wildman–Crippen LogP) is 1.83. The van der Waals surface area contributed by atoms with Gasteiger partial charge in [-0.15, -0.1) is 0 Å². The molecule has 0 amide bonds. The lowest BCUT2D eigenvalue weighted by Gasteiger charge is -2.35. The Labute approximate surface area is 188 Å². The number of piperazine rings is 1. The summed E-state index contributed by atoms with van der Waals surface area (Å²) in [6.07, 6.45) is 2.35. The van der Waals surface area contributed by atoms with Crippen molar-refractivity contribution in [3.63, 3.8) is 0 Å². The van der Waals surface area contributed by atoms with Gasteiger partial charge in [-0.2, -0.15) is 4.31 Å². The third-order valence-corrected chi connectivity index (χ3v) is 7.61. The van der Waals surface area contributed by atoms with E-state index in [1.165, 1.54) is 22.6 Å². The van der Waals surface area contributed by atoms with Crippen molar-refractivity contribution in [3.05, 3.63) is 48.4 Å². The molecule has 0 aliphatic carbocycles. The second-order valence-electron chi connectivity index (χ2n) is 7.85. The number of halogens is 1. The lowest BCUT2D eigenvalue weighted by atomic mass is 10.3. The van der Waals surface area contributed by atoms with E-state index in [4.69, 9.17) is 9.47 Å². The second-order valence-corrected chi connectivity index (χ2v) is 9.79. The molecule has 174 valence electrons. The third kappa shape index (κ3) is 5.74. The highest BCUT2D eigenvalue weighted by Gasteiger charge is 2.27. The molecule has 4 rings (SSSR count). The van der Waals surface area contributed by atoms with Crippen LogP contribution < -0.4 is 9.64 Å². The van der Waals surface area contributed by atoms with Crippen LogP contribution >= 0.6 is 0 Å². The Morgan fingerprint density at radius 2 is 1.69 bits per heavy atom. The number of hydrogen-bond donors (Lipinski definition) is 0. The molecule has 1 aromatic carbocycles. The molecule has 0 spiro atoms. The molecule has 2 aromatic rings. The Balaban J connectivity index is 1.21. The minimum atomic E-state index is -3.52. The van der Waals surface area contributed by atoms with Gasteiger partial charge in [-0.25, -0.2) is 17.8 Å². The molecule has 2 fully saturated rings. The van der Waals surface area contributed by atoms with Crippen molar-refractivity contribution in [1.29, 1.82) is 0 Å². The lowest BCUT2D eigenvalue weighted by molar-refractivity contribution is 0.0730. The van der Waals surface area contributed by atoms with E-state index in [1.807, 2.05) is 0 Å². The van der Waals surface area contributed by atoms with Gasteiger partial charge < -0.3 is 14.4 Å². The van der Waals surface area contributed by atoms with Gasteiger partial charge in [-0.05, 0) is 42.8 Å². The van der Waals surface area contributed by atoms with E-state index in [-0.39, 0.29) is 10.7 Å². The molecular formula is C22H29FN4O4S. The van der Waals surface area contributed by atoms with Gasteiger partial charge in [0.05, 0.1) is 19.8 Å². The van der Waals surface area contributed by atoms with Crippen molar-refractivity contribution in [2.45, 2.75) is 11.3 Å². The van der Waals surface area contributed by atoms with Gasteiger partial charge in [-0.3, -0.25) is 4.90 Å². The number of aromatic nitrogens is 1. The molecule has 2 saturated heterocycles. The summed E-state index contributed by atoms with van der Waals surface area (Å²) in [4.78, 5) is 9.21. The zero-order valence-corrected chi connectivity index (χ0v) is 18.8. The largest absolute Gasteiger partial charge is 0.494 e. The fourth-order valence-electron chi connectivity index (χ4n) is 3.86. The SMILES string of the molecule is O=S(=O)(c1ccc(N2CCN(CCCOc3ccc(F)cc3)CC2)nc1)N1CCOCC1. The minimum absolute atomic E-state index is 0.225. The number of benzene rings is 1. The maximum absolute atomic E-state index is 12.9. The summed E-state index contributed by atoms with van der Waals surface area (Å²) in [6.45, 7) is 6.61. The molecular weight excluding hydrogens is 435 g/mol. The van der Waals surface area contributed by atoms with E-state index in [9.17, 15) is 12.8 Å². The highest BCUT2D eigenvalue weighted by Crippen LogP contribution is 2.20. The van der Waals surface area contributed by atoms with Crippen molar-refractivity contribution >= 4 is 15.8 Å². The first-order valence-electron chi connectivity index (χ1n) is 10.9. The summed E-state index contributed by atoms with van der Waals surface area (Å²) in [5.41, 5.74) is 0. The van der Waals surface area contributed by atoms with Crippen LogP contribution in [0.15, 0.2) is 47.5 Å². The van der Waals surface area contributed by atoms with Gasteiger partial charge in [-0.1, -0.05) is 0 Å². The van der Waals surface area contributed by atoms with Gasteiger partial charge in [0.1, 0.15) is 22.3 Å². The topological polar surface area (TPSA) is 75.2 Å². The van der Waals surface area contributed by atoms with E-state index in [0.29, 0.717) is 38.7 Å². The molecule has 0 bridgehead atoms. The van der Waals surface area contributed by atoms with Crippen LogP contribution in [0.4, 0.5) is 10.2 Å². The molecule has 3 heterocycles. The number of ether oxygens (including phenoxy) is 2. The van der Waals surface area contributed by atoms with Crippen LogP contribution in [0, 0.1) is 5.82 Å². The number of anilines is 1. The van der Waals surface area contributed by atoms with Crippen molar-refractivity contribution in [1.82, 2.24) is 14.2 Å². The van der Waals surface area contributed by atoms with E-state index < -0.39 is 10.0 Å². The molecule has 1 aromatic heterocycles. The van der Waals surface area contributed by atoms with Crippen LogP contribution in [0.3, 0.4) is 0 Å². The Morgan fingerprint density at radius 1 is 0.969 bits per heavy atom. The zero-order valence-electron chi connectivity index (χ0n) is 18.0. The van der Waals surface area contributed by atoms with Crippen LogP contribution in [0.1, 0.15) is 6.42 Å². The van der Waals surface area contributed by atoms with Crippen LogP contribution in [0.5, 0.6) is 5.75 Å². The summed E-state index contributed by atoms with van der Waals surface area (Å²) in [5, 5.41) is 0. The van der Waals surface area contributed by atoms with E-state index in [1.54, 1.807) is 24.3 Å². The number of hydrogen-bond acceptors (Lipinski definition) is 7. The summed E-state index contributed by atoms with van der Waals surface area (Å²) < 4.78 is 50.7. The molecule has 8 nitrogen and oxygen atoms in total. The van der Waals surface area contributed by atoms with Crippen molar-refractivity contribution in [3.8, 4) is 5.75 Å². The number of pyridine rings is 1. The first-order valence-corrected chi connectivity index (χ1v) is 12.4. The van der Waals surface area contributed by atoms with Crippen molar-refractivity contribution in [2.75, 3.05) is 70.5 Å². The molecule has 2 aliphatic heterocycles. The maximum Gasteiger partial charge on any atom is 0.244 e. The highest BCUT2D eigenvalue weighted by molar-refractivity contribution is 7.89. The lowest BCUT2D eigenvalue weighted by Crippen LogP contribution is -2.47. The van der Waals surface area contributed by atoms with E-state index in [2.05, 4.69) is 14.8 Å².